The van der Waals surface area contributed by atoms with E-state index in [-0.39, 0.29) is 43.5 Å². The summed E-state index contributed by atoms with van der Waals surface area (Å²) in [5, 5.41) is 3.43. The lowest BCUT2D eigenvalue weighted by Gasteiger charge is -2.26. The van der Waals surface area contributed by atoms with E-state index in [1.807, 2.05) is 0 Å². The van der Waals surface area contributed by atoms with Crippen molar-refractivity contribution >= 4 is 29.9 Å². The number of aryl methyl sites for hydroxylation is 1. The van der Waals surface area contributed by atoms with E-state index in [1.165, 1.54) is 10.8 Å². The van der Waals surface area contributed by atoms with Crippen molar-refractivity contribution in [2.24, 2.45) is 5.92 Å². The number of hydrogen-bond acceptors (Lipinski definition) is 3. The van der Waals surface area contributed by atoms with Gasteiger partial charge in [-0.05, 0) is 36.6 Å². The number of aromatic nitrogens is 2. The molecule has 0 saturated heterocycles. The van der Waals surface area contributed by atoms with Gasteiger partial charge in [-0.2, -0.15) is 13.2 Å². The predicted molar refractivity (Wildman–Crippen MR) is 99.2 cm³/mol. The summed E-state index contributed by atoms with van der Waals surface area (Å²) in [7, 11) is 0. The normalized spacial score (nSPS) is 21.0. The van der Waals surface area contributed by atoms with Crippen molar-refractivity contribution in [2.45, 2.75) is 38.0 Å². The number of rotatable bonds is 2. The Morgan fingerprint density at radius 1 is 1.36 bits per heavy atom. The van der Waals surface area contributed by atoms with E-state index in [0.29, 0.717) is 23.9 Å². The summed E-state index contributed by atoms with van der Waals surface area (Å²) in [6.07, 6.45) is -2.08. The number of fused-ring (bicyclic) bond motifs is 2. The van der Waals surface area contributed by atoms with Crippen LogP contribution < -0.4 is 10.1 Å². The first kappa shape index (κ1) is 20.8. The number of imidazole rings is 1. The number of carbonyl (C=O) groups is 1. The van der Waals surface area contributed by atoms with Gasteiger partial charge in [0.05, 0.1) is 12.0 Å². The van der Waals surface area contributed by atoms with Crippen LogP contribution in [-0.4, -0.2) is 34.3 Å². The molecular weight excluding hydrogens is 418 g/mol. The minimum atomic E-state index is -4.24. The van der Waals surface area contributed by atoms with E-state index >= 15 is 0 Å². The van der Waals surface area contributed by atoms with Crippen LogP contribution in [0.2, 0.25) is 5.02 Å². The zero-order valence-corrected chi connectivity index (χ0v) is 16.2. The molecule has 10 heteroatoms. The summed E-state index contributed by atoms with van der Waals surface area (Å²) >= 11 is 5.99. The Bertz CT molecular complexity index is 885. The number of alkyl halides is 3. The molecule has 3 heterocycles. The van der Waals surface area contributed by atoms with Crippen molar-refractivity contribution in [3.05, 3.63) is 46.5 Å². The lowest BCUT2D eigenvalue weighted by molar-refractivity contribution is -0.182. The highest BCUT2D eigenvalue weighted by molar-refractivity contribution is 6.30. The topological polar surface area (TPSA) is 56.1 Å². The Morgan fingerprint density at radius 3 is 2.89 bits per heavy atom. The molecular formula is C18H18Cl2F3N3O2. The van der Waals surface area contributed by atoms with Gasteiger partial charge in [-0.25, -0.2) is 4.98 Å². The SMILES string of the molecule is Cl.O=C(N[C@H]1COc2ccc(Cl)cc2C1)c1cn2c(n1)CCC(C(F)(F)F)C2. The van der Waals surface area contributed by atoms with Crippen molar-refractivity contribution in [1.29, 1.82) is 0 Å². The first-order valence-corrected chi connectivity index (χ1v) is 9.02. The fraction of sp³-hybridized carbons (Fsp3) is 0.444. The van der Waals surface area contributed by atoms with Gasteiger partial charge in [0.15, 0.2) is 0 Å². The average Bonchev–Trinajstić information content (AvgIpc) is 3.04. The molecule has 0 bridgehead atoms. The van der Waals surface area contributed by atoms with E-state index in [9.17, 15) is 18.0 Å². The van der Waals surface area contributed by atoms with E-state index in [2.05, 4.69) is 10.3 Å². The molecule has 2 aromatic rings. The maximum atomic E-state index is 12.9. The van der Waals surface area contributed by atoms with Gasteiger partial charge in [0.25, 0.3) is 5.91 Å². The second-order valence-corrected chi connectivity index (χ2v) is 7.35. The molecule has 0 aliphatic carbocycles. The van der Waals surface area contributed by atoms with Gasteiger partial charge in [0, 0.05) is 24.2 Å². The minimum Gasteiger partial charge on any atom is -0.491 e. The molecule has 2 atom stereocenters. The third kappa shape index (κ3) is 4.22. The molecule has 1 N–H and O–H groups in total. The number of nitrogens with one attached hydrogen (secondary N) is 1. The van der Waals surface area contributed by atoms with Crippen LogP contribution in [0.1, 0.15) is 28.3 Å². The van der Waals surface area contributed by atoms with Gasteiger partial charge in [-0.3, -0.25) is 4.79 Å². The fourth-order valence-electron chi connectivity index (χ4n) is 3.54. The molecule has 2 aliphatic rings. The van der Waals surface area contributed by atoms with Crippen molar-refractivity contribution in [3.8, 4) is 5.75 Å². The summed E-state index contributed by atoms with van der Waals surface area (Å²) < 4.78 is 45.8. The van der Waals surface area contributed by atoms with Gasteiger partial charge in [-0.1, -0.05) is 11.6 Å². The lowest BCUT2D eigenvalue weighted by atomic mass is 9.99. The highest BCUT2D eigenvalue weighted by Crippen LogP contribution is 2.34. The molecule has 1 amide bonds. The van der Waals surface area contributed by atoms with Crippen LogP contribution in [0, 0.1) is 5.92 Å². The van der Waals surface area contributed by atoms with Crippen LogP contribution in [0.5, 0.6) is 5.75 Å². The first-order chi connectivity index (χ1) is 12.8. The lowest BCUT2D eigenvalue weighted by Crippen LogP contribution is -2.42. The minimum absolute atomic E-state index is 0. The van der Waals surface area contributed by atoms with Gasteiger partial charge in [0.1, 0.15) is 23.9 Å². The number of halogens is 5. The predicted octanol–water partition coefficient (Wildman–Crippen LogP) is 3.82. The molecule has 2 aliphatic heterocycles. The number of carbonyl (C=O) groups excluding carboxylic acids is 1. The molecule has 0 radical (unpaired) electrons. The summed E-state index contributed by atoms with van der Waals surface area (Å²) in [5.41, 5.74) is 1.03. The van der Waals surface area contributed by atoms with Gasteiger partial charge in [0.2, 0.25) is 0 Å². The Kier molecular flexibility index (Phi) is 5.82. The first-order valence-electron chi connectivity index (χ1n) is 8.64. The Morgan fingerprint density at radius 2 is 2.14 bits per heavy atom. The van der Waals surface area contributed by atoms with E-state index < -0.39 is 18.0 Å². The highest BCUT2D eigenvalue weighted by Gasteiger charge is 2.41. The molecule has 1 aromatic heterocycles. The molecule has 5 nitrogen and oxygen atoms in total. The second-order valence-electron chi connectivity index (χ2n) is 6.91. The van der Waals surface area contributed by atoms with Crippen molar-refractivity contribution in [2.75, 3.05) is 6.61 Å². The van der Waals surface area contributed by atoms with Gasteiger partial charge < -0.3 is 14.6 Å². The standard InChI is InChI=1S/C18H17ClF3N3O2.ClH/c19-12-2-3-15-10(5-12)6-13(9-27-15)23-17(26)14-8-25-7-11(18(20,21)22)1-4-16(25)24-14;/h2-3,5,8,11,13H,1,4,6-7,9H2,(H,23,26);1H/t11?,13-;/m1./s1. The molecule has 4 rings (SSSR count). The Labute approximate surface area is 170 Å². The summed E-state index contributed by atoms with van der Waals surface area (Å²) in [4.78, 5) is 16.7. The van der Waals surface area contributed by atoms with Gasteiger partial charge >= 0.3 is 6.18 Å². The van der Waals surface area contributed by atoms with E-state index in [1.54, 1.807) is 18.2 Å². The molecule has 0 fully saturated rings. The third-order valence-corrected chi connectivity index (χ3v) is 5.19. The number of nitrogens with zero attached hydrogens (tertiary/aromatic N) is 2. The third-order valence-electron chi connectivity index (χ3n) is 4.95. The molecule has 1 aromatic carbocycles. The molecule has 1 unspecified atom stereocenters. The quantitative estimate of drug-likeness (QED) is 0.779. The summed E-state index contributed by atoms with van der Waals surface area (Å²) in [5.74, 6) is -0.569. The maximum absolute atomic E-state index is 12.9. The maximum Gasteiger partial charge on any atom is 0.393 e. The molecule has 152 valence electrons. The number of amides is 1. The smallest absolute Gasteiger partial charge is 0.393 e. The summed E-state index contributed by atoms with van der Waals surface area (Å²) in [6, 6.07) is 5.06. The number of hydrogen-bond donors (Lipinski definition) is 1. The Hall–Kier alpha value is -1.93. The van der Waals surface area contributed by atoms with Crippen molar-refractivity contribution in [1.82, 2.24) is 14.9 Å². The van der Waals surface area contributed by atoms with Crippen LogP contribution in [0.3, 0.4) is 0 Å². The largest absolute Gasteiger partial charge is 0.491 e. The average molecular weight is 436 g/mol. The summed E-state index contributed by atoms with van der Waals surface area (Å²) in [6.45, 7) is 0.113. The molecule has 0 spiro atoms. The zero-order valence-electron chi connectivity index (χ0n) is 14.6. The van der Waals surface area contributed by atoms with Crippen LogP contribution in [0.4, 0.5) is 13.2 Å². The van der Waals surface area contributed by atoms with Crippen LogP contribution in [0.25, 0.3) is 0 Å². The number of benzene rings is 1. The zero-order chi connectivity index (χ0) is 19.2. The van der Waals surface area contributed by atoms with Crippen molar-refractivity contribution < 1.29 is 22.7 Å². The fourth-order valence-corrected chi connectivity index (χ4v) is 3.73. The monoisotopic (exact) mass is 435 g/mol. The van der Waals surface area contributed by atoms with Crippen LogP contribution in [-0.2, 0) is 19.4 Å². The van der Waals surface area contributed by atoms with Crippen molar-refractivity contribution in [3.63, 3.8) is 0 Å². The van der Waals surface area contributed by atoms with Crippen LogP contribution >= 0.6 is 24.0 Å². The van der Waals surface area contributed by atoms with Gasteiger partial charge in [-0.15, -0.1) is 12.4 Å². The van der Waals surface area contributed by atoms with E-state index in [0.717, 1.165) is 11.3 Å². The molecule has 0 saturated carbocycles. The molecule has 28 heavy (non-hydrogen) atoms. The number of ether oxygens (including phenoxy) is 1. The Balaban J connectivity index is 0.00000225. The second kappa shape index (κ2) is 7.83. The van der Waals surface area contributed by atoms with Crippen LogP contribution in [0.15, 0.2) is 24.4 Å². The highest BCUT2D eigenvalue weighted by atomic mass is 35.5. The van der Waals surface area contributed by atoms with E-state index in [4.69, 9.17) is 16.3 Å².